The SMILES string of the molecule is COCCN(C(C)C)C(CN)C1CCCCC1. The van der Waals surface area contributed by atoms with Crippen LogP contribution >= 0.6 is 0 Å². The summed E-state index contributed by atoms with van der Waals surface area (Å²) in [4.78, 5) is 2.54. The summed E-state index contributed by atoms with van der Waals surface area (Å²) in [6, 6.07) is 1.10. The largest absolute Gasteiger partial charge is 0.383 e. The van der Waals surface area contributed by atoms with Crippen molar-refractivity contribution < 1.29 is 4.74 Å². The molecule has 0 bridgehead atoms. The fourth-order valence-electron chi connectivity index (χ4n) is 3.12. The molecule has 0 saturated heterocycles. The molecule has 1 saturated carbocycles. The number of ether oxygens (including phenoxy) is 1. The Morgan fingerprint density at radius 1 is 1.24 bits per heavy atom. The molecule has 1 atom stereocenters. The molecule has 1 aliphatic carbocycles. The Morgan fingerprint density at radius 2 is 1.88 bits per heavy atom. The molecule has 0 aromatic rings. The van der Waals surface area contributed by atoms with Crippen LogP contribution in [0.25, 0.3) is 0 Å². The van der Waals surface area contributed by atoms with Crippen molar-refractivity contribution in [3.63, 3.8) is 0 Å². The van der Waals surface area contributed by atoms with Crippen molar-refractivity contribution in [1.82, 2.24) is 4.90 Å². The number of hydrogen-bond acceptors (Lipinski definition) is 3. The average molecular weight is 242 g/mol. The molecule has 1 aliphatic rings. The molecule has 0 aromatic carbocycles. The van der Waals surface area contributed by atoms with Gasteiger partial charge in [0.2, 0.25) is 0 Å². The topological polar surface area (TPSA) is 38.5 Å². The van der Waals surface area contributed by atoms with E-state index < -0.39 is 0 Å². The fraction of sp³-hybridized carbons (Fsp3) is 1.00. The molecule has 3 nitrogen and oxygen atoms in total. The molecule has 0 aromatic heterocycles. The van der Waals surface area contributed by atoms with E-state index in [9.17, 15) is 0 Å². The molecule has 2 N–H and O–H groups in total. The first kappa shape index (κ1) is 14.9. The molecule has 102 valence electrons. The summed E-state index contributed by atoms with van der Waals surface area (Å²) in [6.07, 6.45) is 6.90. The highest BCUT2D eigenvalue weighted by Crippen LogP contribution is 2.29. The first-order valence-corrected chi connectivity index (χ1v) is 7.15. The van der Waals surface area contributed by atoms with Crippen LogP contribution in [0.4, 0.5) is 0 Å². The van der Waals surface area contributed by atoms with Gasteiger partial charge in [0, 0.05) is 32.3 Å². The molecule has 0 amide bonds. The third kappa shape index (κ3) is 4.57. The molecule has 3 heteroatoms. The second-order valence-electron chi connectivity index (χ2n) is 5.53. The van der Waals surface area contributed by atoms with E-state index in [1.165, 1.54) is 32.1 Å². The van der Waals surface area contributed by atoms with Gasteiger partial charge in [-0.2, -0.15) is 0 Å². The fourth-order valence-corrected chi connectivity index (χ4v) is 3.12. The van der Waals surface area contributed by atoms with Crippen LogP contribution in [0.2, 0.25) is 0 Å². The third-order valence-electron chi connectivity index (χ3n) is 4.08. The van der Waals surface area contributed by atoms with Gasteiger partial charge in [0.25, 0.3) is 0 Å². The highest BCUT2D eigenvalue weighted by molar-refractivity contribution is 4.84. The van der Waals surface area contributed by atoms with Crippen LogP contribution in [-0.4, -0.2) is 43.8 Å². The van der Waals surface area contributed by atoms with Gasteiger partial charge in [-0.15, -0.1) is 0 Å². The second kappa shape index (κ2) is 8.06. The Balaban J connectivity index is 2.58. The molecule has 1 unspecified atom stereocenters. The zero-order chi connectivity index (χ0) is 12.7. The van der Waals surface area contributed by atoms with Gasteiger partial charge >= 0.3 is 0 Å². The average Bonchev–Trinajstić information content (AvgIpc) is 2.35. The third-order valence-corrected chi connectivity index (χ3v) is 4.08. The van der Waals surface area contributed by atoms with Gasteiger partial charge in [-0.3, -0.25) is 4.90 Å². The van der Waals surface area contributed by atoms with Crippen molar-refractivity contribution in [1.29, 1.82) is 0 Å². The van der Waals surface area contributed by atoms with Crippen molar-refractivity contribution in [3.05, 3.63) is 0 Å². The highest BCUT2D eigenvalue weighted by atomic mass is 16.5. The number of methoxy groups -OCH3 is 1. The predicted octanol–water partition coefficient (Wildman–Crippen LogP) is 2.25. The second-order valence-corrected chi connectivity index (χ2v) is 5.53. The minimum Gasteiger partial charge on any atom is -0.383 e. The van der Waals surface area contributed by atoms with Gasteiger partial charge in [0.05, 0.1) is 6.61 Å². The zero-order valence-electron chi connectivity index (χ0n) is 11.8. The molecular weight excluding hydrogens is 212 g/mol. The van der Waals surface area contributed by atoms with E-state index in [1.54, 1.807) is 7.11 Å². The van der Waals surface area contributed by atoms with Crippen LogP contribution in [0, 0.1) is 5.92 Å². The lowest BCUT2D eigenvalue weighted by atomic mass is 9.83. The van der Waals surface area contributed by atoms with Crippen LogP contribution in [-0.2, 0) is 4.74 Å². The van der Waals surface area contributed by atoms with Crippen molar-refractivity contribution in [2.24, 2.45) is 11.7 Å². The summed E-state index contributed by atoms with van der Waals surface area (Å²) in [5.41, 5.74) is 6.03. The molecule has 0 aliphatic heterocycles. The summed E-state index contributed by atoms with van der Waals surface area (Å²) >= 11 is 0. The van der Waals surface area contributed by atoms with E-state index in [0.717, 1.165) is 25.6 Å². The summed E-state index contributed by atoms with van der Waals surface area (Å²) < 4.78 is 5.22. The first-order valence-electron chi connectivity index (χ1n) is 7.15. The molecule has 1 fully saturated rings. The summed E-state index contributed by atoms with van der Waals surface area (Å²) in [5.74, 6) is 0.799. The van der Waals surface area contributed by atoms with Crippen LogP contribution in [0.15, 0.2) is 0 Å². The molecule has 0 radical (unpaired) electrons. The van der Waals surface area contributed by atoms with E-state index >= 15 is 0 Å². The summed E-state index contributed by atoms with van der Waals surface area (Å²) in [7, 11) is 1.77. The lowest BCUT2D eigenvalue weighted by molar-refractivity contribution is 0.0612. The lowest BCUT2D eigenvalue weighted by Gasteiger charge is -2.40. The van der Waals surface area contributed by atoms with Crippen LogP contribution in [0.1, 0.15) is 46.0 Å². The predicted molar refractivity (Wildman–Crippen MR) is 73.1 cm³/mol. The van der Waals surface area contributed by atoms with Crippen molar-refractivity contribution in [3.8, 4) is 0 Å². The Hall–Kier alpha value is -0.120. The van der Waals surface area contributed by atoms with Gasteiger partial charge < -0.3 is 10.5 Å². The maximum Gasteiger partial charge on any atom is 0.0589 e. The van der Waals surface area contributed by atoms with Crippen molar-refractivity contribution in [2.75, 3.05) is 26.8 Å². The minimum atomic E-state index is 0.547. The van der Waals surface area contributed by atoms with Gasteiger partial charge in [-0.1, -0.05) is 19.3 Å². The minimum absolute atomic E-state index is 0.547. The number of hydrogen-bond donors (Lipinski definition) is 1. The van der Waals surface area contributed by atoms with Crippen molar-refractivity contribution in [2.45, 2.75) is 58.0 Å². The van der Waals surface area contributed by atoms with E-state index in [1.807, 2.05) is 0 Å². The van der Waals surface area contributed by atoms with E-state index in [4.69, 9.17) is 10.5 Å². The van der Waals surface area contributed by atoms with E-state index in [0.29, 0.717) is 12.1 Å². The first-order chi connectivity index (χ1) is 8.20. The lowest BCUT2D eigenvalue weighted by Crippen LogP contribution is -2.50. The van der Waals surface area contributed by atoms with Gasteiger partial charge in [0.1, 0.15) is 0 Å². The number of rotatable bonds is 7. The monoisotopic (exact) mass is 242 g/mol. The Morgan fingerprint density at radius 3 is 2.35 bits per heavy atom. The Kier molecular flexibility index (Phi) is 7.09. The molecule has 0 heterocycles. The smallest absolute Gasteiger partial charge is 0.0589 e. The molecule has 17 heavy (non-hydrogen) atoms. The normalized spacial score (nSPS) is 20.1. The summed E-state index contributed by atoms with van der Waals surface area (Å²) in [5, 5.41) is 0. The Bertz CT molecular complexity index is 191. The van der Waals surface area contributed by atoms with Crippen LogP contribution < -0.4 is 5.73 Å². The number of nitrogens with zero attached hydrogens (tertiary/aromatic N) is 1. The standard InChI is InChI=1S/C14H30N2O/c1-12(2)16(9-10-17-3)14(11-15)13-7-5-4-6-8-13/h12-14H,4-11,15H2,1-3H3. The zero-order valence-corrected chi connectivity index (χ0v) is 11.8. The van der Waals surface area contributed by atoms with Gasteiger partial charge in [-0.05, 0) is 32.6 Å². The Labute approximate surface area is 107 Å². The summed E-state index contributed by atoms with van der Waals surface area (Å²) in [6.45, 7) is 7.13. The molecule has 0 spiro atoms. The van der Waals surface area contributed by atoms with Crippen molar-refractivity contribution >= 4 is 0 Å². The van der Waals surface area contributed by atoms with Gasteiger partial charge in [0.15, 0.2) is 0 Å². The maximum absolute atomic E-state index is 6.03. The van der Waals surface area contributed by atoms with Crippen LogP contribution in [0.3, 0.4) is 0 Å². The molecule has 1 rings (SSSR count). The van der Waals surface area contributed by atoms with E-state index in [2.05, 4.69) is 18.7 Å². The quantitative estimate of drug-likeness (QED) is 0.744. The van der Waals surface area contributed by atoms with Gasteiger partial charge in [-0.25, -0.2) is 0 Å². The number of nitrogens with two attached hydrogens (primary N) is 1. The highest BCUT2D eigenvalue weighted by Gasteiger charge is 2.28. The maximum atomic E-state index is 6.03. The molecular formula is C14H30N2O. The van der Waals surface area contributed by atoms with E-state index in [-0.39, 0.29) is 0 Å². The van der Waals surface area contributed by atoms with Crippen LogP contribution in [0.5, 0.6) is 0 Å².